The lowest BCUT2D eigenvalue weighted by Gasteiger charge is -2.41. The van der Waals surface area contributed by atoms with E-state index in [1.165, 1.54) is 23.0 Å². The fourth-order valence-corrected chi connectivity index (χ4v) is 4.24. The molecule has 1 fully saturated rings. The first-order valence-corrected chi connectivity index (χ1v) is 12.3. The van der Waals surface area contributed by atoms with E-state index in [1.807, 2.05) is 0 Å². The number of aromatic nitrogens is 3. The van der Waals surface area contributed by atoms with Gasteiger partial charge < -0.3 is 21.3 Å². The van der Waals surface area contributed by atoms with Crippen LogP contribution in [0.4, 0.5) is 14.6 Å². The second-order valence-corrected chi connectivity index (χ2v) is 9.06. The van der Waals surface area contributed by atoms with Gasteiger partial charge in [0.1, 0.15) is 17.3 Å². The summed E-state index contributed by atoms with van der Waals surface area (Å²) >= 11 is 0. The van der Waals surface area contributed by atoms with Crippen LogP contribution in [0.15, 0.2) is 42.7 Å². The number of anilines is 1. The summed E-state index contributed by atoms with van der Waals surface area (Å²) in [6.45, 7) is 1.69. The molecule has 0 unspecified atom stereocenters. The van der Waals surface area contributed by atoms with Crippen molar-refractivity contribution in [2.24, 2.45) is 12.8 Å². The third-order valence-electron chi connectivity index (χ3n) is 6.35. The van der Waals surface area contributed by atoms with Gasteiger partial charge in [-0.15, -0.1) is 0 Å². The number of hydrogen-bond donors (Lipinski definition) is 3. The molecule has 0 aliphatic carbocycles. The Kier molecular flexibility index (Phi) is 8.44. The lowest BCUT2D eigenvalue weighted by Crippen LogP contribution is -2.56. The number of hydrogen-bond acceptors (Lipinski definition) is 6. The van der Waals surface area contributed by atoms with Crippen LogP contribution in [0.25, 0.3) is 11.3 Å². The maximum Gasteiger partial charge on any atom is 0.255 e. The van der Waals surface area contributed by atoms with Gasteiger partial charge in [0.2, 0.25) is 5.91 Å². The van der Waals surface area contributed by atoms with Crippen LogP contribution in [0, 0.1) is 11.6 Å². The molecule has 0 bridgehead atoms. The predicted octanol–water partition coefficient (Wildman–Crippen LogP) is 2.48. The van der Waals surface area contributed by atoms with Crippen LogP contribution < -0.4 is 16.4 Å². The maximum absolute atomic E-state index is 15.1. The van der Waals surface area contributed by atoms with Gasteiger partial charge in [-0.05, 0) is 49.6 Å². The summed E-state index contributed by atoms with van der Waals surface area (Å²) in [6.07, 6.45) is 5.38. The summed E-state index contributed by atoms with van der Waals surface area (Å²) in [4.78, 5) is 31.5. The van der Waals surface area contributed by atoms with E-state index in [1.54, 1.807) is 30.3 Å². The summed E-state index contributed by atoms with van der Waals surface area (Å²) in [7, 11) is 1.71. The zero-order chi connectivity index (χ0) is 26.4. The van der Waals surface area contributed by atoms with Crippen LogP contribution >= 0.6 is 0 Å². The predicted molar refractivity (Wildman–Crippen MR) is 136 cm³/mol. The van der Waals surface area contributed by atoms with Crippen molar-refractivity contribution in [2.75, 3.05) is 31.5 Å². The normalized spacial score (nSPS) is 14.8. The van der Waals surface area contributed by atoms with E-state index in [4.69, 9.17) is 5.73 Å². The van der Waals surface area contributed by atoms with Crippen molar-refractivity contribution in [3.8, 4) is 11.3 Å². The summed E-state index contributed by atoms with van der Waals surface area (Å²) < 4.78 is 30.1. The molecule has 4 rings (SSSR count). The van der Waals surface area contributed by atoms with E-state index in [0.717, 1.165) is 18.1 Å². The molecule has 11 heteroatoms. The van der Waals surface area contributed by atoms with Crippen molar-refractivity contribution in [3.05, 3.63) is 65.5 Å². The summed E-state index contributed by atoms with van der Waals surface area (Å²) in [5.74, 6) is -1.26. The fraction of sp³-hybridized carbons (Fsp3) is 0.385. The van der Waals surface area contributed by atoms with Crippen molar-refractivity contribution < 1.29 is 18.4 Å². The molecule has 3 aromatic rings. The van der Waals surface area contributed by atoms with Crippen LogP contribution in [0.5, 0.6) is 0 Å². The zero-order valence-corrected chi connectivity index (χ0v) is 20.7. The van der Waals surface area contributed by atoms with E-state index in [9.17, 15) is 14.0 Å². The maximum atomic E-state index is 15.1. The lowest BCUT2D eigenvalue weighted by atomic mass is 10.0. The van der Waals surface area contributed by atoms with Crippen LogP contribution in [0.2, 0.25) is 0 Å². The number of aryl methyl sites for hydroxylation is 1. The molecule has 4 N–H and O–H groups in total. The number of likely N-dealkylation sites (tertiary alicyclic amines) is 1. The topological polar surface area (TPSA) is 118 Å². The Hall–Kier alpha value is -3.86. The first-order valence-electron chi connectivity index (χ1n) is 12.3. The number of rotatable bonds is 11. The van der Waals surface area contributed by atoms with Gasteiger partial charge in [-0.2, -0.15) is 5.10 Å². The highest BCUT2D eigenvalue weighted by Crippen LogP contribution is 2.26. The molecule has 1 aromatic carbocycles. The van der Waals surface area contributed by atoms with E-state index in [-0.39, 0.29) is 41.4 Å². The standard InChI is InChI=1S/C26H31F2N7O2/c1-34-16-18(14-32-34)24-22(28)13-21(25(33-24)30-10-7-17-4-2-5-19(27)12-17)26(37)31-15-20-8-11-35(20)23(36)6-3-9-29/h2,4-5,12-14,16,20H,3,6-11,15,29H2,1H3,(H,30,33)(H,31,37)/t20-/m1/s1. The van der Waals surface area contributed by atoms with Crippen LogP contribution in [-0.4, -0.2) is 63.7 Å². The summed E-state index contributed by atoms with van der Waals surface area (Å²) in [5, 5.41) is 10.00. The van der Waals surface area contributed by atoms with Gasteiger partial charge in [-0.3, -0.25) is 14.3 Å². The average molecular weight is 512 g/mol. The number of nitrogens with zero attached hydrogens (tertiary/aromatic N) is 4. The van der Waals surface area contributed by atoms with Crippen molar-refractivity contribution >= 4 is 17.6 Å². The van der Waals surface area contributed by atoms with E-state index < -0.39 is 11.7 Å². The molecule has 9 nitrogen and oxygen atoms in total. The number of benzene rings is 1. The number of nitrogens with one attached hydrogen (secondary N) is 2. The molecule has 3 heterocycles. The van der Waals surface area contributed by atoms with Gasteiger partial charge in [0.05, 0.1) is 17.8 Å². The Morgan fingerprint density at radius 3 is 2.76 bits per heavy atom. The molecule has 1 aliphatic heterocycles. The Bertz CT molecular complexity index is 1260. The quantitative estimate of drug-likeness (QED) is 0.364. The molecule has 1 aliphatic rings. The number of carbonyl (C=O) groups is 2. The molecule has 0 radical (unpaired) electrons. The monoisotopic (exact) mass is 511 g/mol. The van der Waals surface area contributed by atoms with Crippen molar-refractivity contribution in [1.82, 2.24) is 25.0 Å². The molecule has 196 valence electrons. The minimum Gasteiger partial charge on any atom is -0.369 e. The van der Waals surface area contributed by atoms with Gasteiger partial charge in [0.15, 0.2) is 5.82 Å². The molecule has 1 saturated heterocycles. The van der Waals surface area contributed by atoms with Gasteiger partial charge in [0.25, 0.3) is 5.91 Å². The lowest BCUT2D eigenvalue weighted by molar-refractivity contribution is -0.138. The number of amides is 2. The van der Waals surface area contributed by atoms with E-state index in [2.05, 4.69) is 20.7 Å². The highest BCUT2D eigenvalue weighted by molar-refractivity contribution is 5.99. The third kappa shape index (κ3) is 6.48. The first-order chi connectivity index (χ1) is 17.9. The second-order valence-electron chi connectivity index (χ2n) is 9.06. The Morgan fingerprint density at radius 1 is 1.24 bits per heavy atom. The summed E-state index contributed by atoms with van der Waals surface area (Å²) in [6, 6.07) is 7.29. The second kappa shape index (κ2) is 11.9. The Labute approximate surface area is 214 Å². The van der Waals surface area contributed by atoms with Crippen molar-refractivity contribution in [2.45, 2.75) is 31.7 Å². The number of carbonyl (C=O) groups excluding carboxylic acids is 2. The van der Waals surface area contributed by atoms with Crippen molar-refractivity contribution in [1.29, 1.82) is 0 Å². The van der Waals surface area contributed by atoms with E-state index >= 15 is 4.39 Å². The average Bonchev–Trinajstić information content (AvgIpc) is 3.28. The van der Waals surface area contributed by atoms with Crippen LogP contribution in [0.1, 0.15) is 35.2 Å². The first kappa shape index (κ1) is 26.2. The van der Waals surface area contributed by atoms with Gasteiger partial charge >= 0.3 is 0 Å². The molecule has 0 spiro atoms. The number of nitrogens with two attached hydrogens (primary N) is 1. The highest BCUT2D eigenvalue weighted by Gasteiger charge is 2.32. The number of pyridine rings is 1. The molecule has 0 saturated carbocycles. The fourth-order valence-electron chi connectivity index (χ4n) is 4.24. The van der Waals surface area contributed by atoms with Crippen molar-refractivity contribution in [3.63, 3.8) is 0 Å². The minimum absolute atomic E-state index is 0.0178. The Morgan fingerprint density at radius 2 is 2.08 bits per heavy atom. The minimum atomic E-state index is -0.656. The summed E-state index contributed by atoms with van der Waals surface area (Å²) in [5.41, 5.74) is 6.85. The van der Waals surface area contributed by atoms with Crippen LogP contribution in [0.3, 0.4) is 0 Å². The largest absolute Gasteiger partial charge is 0.369 e. The third-order valence-corrected chi connectivity index (χ3v) is 6.35. The zero-order valence-electron chi connectivity index (χ0n) is 20.7. The molecular formula is C26H31F2N7O2. The van der Waals surface area contributed by atoms with E-state index in [0.29, 0.717) is 44.5 Å². The SMILES string of the molecule is Cn1cc(-c2nc(NCCc3cccc(F)c3)c(C(=O)NC[C@H]3CCN3C(=O)CCCN)cc2F)cn1. The highest BCUT2D eigenvalue weighted by atomic mass is 19.1. The van der Waals surface area contributed by atoms with Crippen LogP contribution in [-0.2, 0) is 18.3 Å². The molecule has 1 atom stereocenters. The van der Waals surface area contributed by atoms with Gasteiger partial charge in [-0.25, -0.2) is 13.8 Å². The molecular weight excluding hydrogens is 480 g/mol. The number of halogens is 2. The molecule has 2 amide bonds. The smallest absolute Gasteiger partial charge is 0.255 e. The molecule has 2 aromatic heterocycles. The molecule has 37 heavy (non-hydrogen) atoms. The van der Waals surface area contributed by atoms with Gasteiger partial charge in [0, 0.05) is 44.9 Å². The van der Waals surface area contributed by atoms with Gasteiger partial charge in [-0.1, -0.05) is 12.1 Å². The Balaban J connectivity index is 1.49.